The second-order valence-electron chi connectivity index (χ2n) is 4.22. The molecule has 0 fully saturated rings. The molecule has 5 nitrogen and oxygen atoms in total. The van der Waals surface area contributed by atoms with E-state index in [-0.39, 0.29) is 12.6 Å². The molecule has 0 aromatic carbocycles. The molecular formula is C13H21N3O2. The highest BCUT2D eigenvalue weighted by Crippen LogP contribution is 2.09. The SMILES string of the molecule is CCCC(CCO)CNC(=O)Nc1ccccn1. The third-order valence-corrected chi connectivity index (χ3v) is 2.69. The van der Waals surface area contributed by atoms with Crippen LogP contribution in [0.5, 0.6) is 0 Å². The second-order valence-corrected chi connectivity index (χ2v) is 4.22. The molecule has 1 heterocycles. The maximum absolute atomic E-state index is 11.6. The van der Waals surface area contributed by atoms with Crippen molar-refractivity contribution >= 4 is 11.8 Å². The zero-order valence-electron chi connectivity index (χ0n) is 10.7. The number of aliphatic hydroxyl groups excluding tert-OH is 1. The molecule has 0 saturated carbocycles. The van der Waals surface area contributed by atoms with Crippen LogP contribution in [0.1, 0.15) is 26.2 Å². The number of aromatic nitrogens is 1. The average molecular weight is 251 g/mol. The van der Waals surface area contributed by atoms with Gasteiger partial charge in [0.15, 0.2) is 0 Å². The summed E-state index contributed by atoms with van der Waals surface area (Å²) in [6.45, 7) is 2.83. The van der Waals surface area contributed by atoms with Crippen LogP contribution in [0.4, 0.5) is 10.6 Å². The first-order chi connectivity index (χ1) is 8.76. The Bertz CT molecular complexity index is 337. The summed E-state index contributed by atoms with van der Waals surface area (Å²) in [5, 5.41) is 14.4. The van der Waals surface area contributed by atoms with Crippen LogP contribution in [0.2, 0.25) is 0 Å². The lowest BCUT2D eigenvalue weighted by atomic mass is 10.0. The number of hydrogen-bond donors (Lipinski definition) is 3. The third-order valence-electron chi connectivity index (χ3n) is 2.69. The van der Waals surface area contributed by atoms with Gasteiger partial charge in [-0.2, -0.15) is 0 Å². The number of carbonyl (C=O) groups excluding carboxylic acids is 1. The maximum atomic E-state index is 11.6. The van der Waals surface area contributed by atoms with Gasteiger partial charge in [0.05, 0.1) is 0 Å². The summed E-state index contributed by atoms with van der Waals surface area (Å²) in [5.74, 6) is 0.860. The summed E-state index contributed by atoms with van der Waals surface area (Å²) in [5.41, 5.74) is 0. The number of rotatable bonds is 7. The largest absolute Gasteiger partial charge is 0.396 e. The standard InChI is InChI=1S/C13H21N3O2/c1-2-5-11(7-9-17)10-15-13(18)16-12-6-3-4-8-14-12/h3-4,6,8,11,17H,2,5,7,9-10H2,1H3,(H2,14,15,16,18). The van der Waals surface area contributed by atoms with Gasteiger partial charge in [-0.05, 0) is 30.9 Å². The smallest absolute Gasteiger partial charge is 0.320 e. The predicted octanol–water partition coefficient (Wildman–Crippen LogP) is 2.00. The lowest BCUT2D eigenvalue weighted by Crippen LogP contribution is -2.33. The quantitative estimate of drug-likeness (QED) is 0.694. The van der Waals surface area contributed by atoms with Crippen molar-refractivity contribution in [1.82, 2.24) is 10.3 Å². The van der Waals surface area contributed by atoms with E-state index < -0.39 is 0 Å². The number of hydrogen-bond acceptors (Lipinski definition) is 3. The summed E-state index contributed by atoms with van der Waals surface area (Å²) >= 11 is 0. The van der Waals surface area contributed by atoms with Crippen molar-refractivity contribution in [2.24, 2.45) is 5.92 Å². The molecule has 0 saturated heterocycles. The van der Waals surface area contributed by atoms with Crippen LogP contribution >= 0.6 is 0 Å². The normalized spacial score (nSPS) is 11.9. The lowest BCUT2D eigenvalue weighted by molar-refractivity contribution is 0.236. The van der Waals surface area contributed by atoms with Crippen molar-refractivity contribution in [3.05, 3.63) is 24.4 Å². The molecule has 0 spiro atoms. The van der Waals surface area contributed by atoms with Gasteiger partial charge in [0.25, 0.3) is 0 Å². The fourth-order valence-corrected chi connectivity index (χ4v) is 1.77. The van der Waals surface area contributed by atoms with Crippen LogP contribution in [0.3, 0.4) is 0 Å². The van der Waals surface area contributed by atoms with Crippen molar-refractivity contribution in [2.75, 3.05) is 18.5 Å². The van der Waals surface area contributed by atoms with E-state index in [0.29, 0.717) is 18.3 Å². The summed E-state index contributed by atoms with van der Waals surface area (Å²) in [4.78, 5) is 15.6. The minimum atomic E-state index is -0.257. The van der Waals surface area contributed by atoms with E-state index in [0.717, 1.165) is 19.3 Å². The number of nitrogens with one attached hydrogen (secondary N) is 2. The van der Waals surface area contributed by atoms with Crippen molar-refractivity contribution < 1.29 is 9.90 Å². The van der Waals surface area contributed by atoms with Crippen LogP contribution in [0.25, 0.3) is 0 Å². The average Bonchev–Trinajstić information content (AvgIpc) is 2.38. The van der Waals surface area contributed by atoms with Crippen LogP contribution in [-0.2, 0) is 0 Å². The number of aliphatic hydroxyl groups is 1. The molecule has 2 amide bonds. The Labute approximate surface area is 108 Å². The van der Waals surface area contributed by atoms with Gasteiger partial charge in [-0.25, -0.2) is 9.78 Å². The third kappa shape index (κ3) is 5.63. The number of carbonyl (C=O) groups is 1. The molecule has 0 radical (unpaired) electrons. The van der Waals surface area contributed by atoms with E-state index in [4.69, 9.17) is 5.11 Å². The highest BCUT2D eigenvalue weighted by molar-refractivity contribution is 5.88. The van der Waals surface area contributed by atoms with Crippen LogP contribution in [0, 0.1) is 5.92 Å². The molecule has 1 atom stereocenters. The predicted molar refractivity (Wildman–Crippen MR) is 71.4 cm³/mol. The summed E-state index contributed by atoms with van der Waals surface area (Å²) in [6, 6.07) is 5.08. The van der Waals surface area contributed by atoms with Gasteiger partial charge in [-0.1, -0.05) is 19.4 Å². The highest BCUT2D eigenvalue weighted by atomic mass is 16.3. The van der Waals surface area contributed by atoms with Gasteiger partial charge in [0, 0.05) is 19.3 Å². The Morgan fingerprint density at radius 1 is 1.44 bits per heavy atom. The van der Waals surface area contributed by atoms with Crippen molar-refractivity contribution in [3.8, 4) is 0 Å². The Balaban J connectivity index is 2.31. The maximum Gasteiger partial charge on any atom is 0.320 e. The summed E-state index contributed by atoms with van der Waals surface area (Å²) < 4.78 is 0. The van der Waals surface area contributed by atoms with Gasteiger partial charge in [-0.15, -0.1) is 0 Å². The van der Waals surface area contributed by atoms with Gasteiger partial charge < -0.3 is 10.4 Å². The van der Waals surface area contributed by atoms with E-state index >= 15 is 0 Å². The van der Waals surface area contributed by atoms with Crippen LogP contribution in [-0.4, -0.2) is 29.3 Å². The molecule has 5 heteroatoms. The molecule has 0 aliphatic heterocycles. The van der Waals surface area contributed by atoms with Crippen molar-refractivity contribution in [2.45, 2.75) is 26.2 Å². The lowest BCUT2D eigenvalue weighted by Gasteiger charge is -2.15. The molecule has 0 bridgehead atoms. The van der Waals surface area contributed by atoms with Gasteiger partial charge in [0.2, 0.25) is 0 Å². The first kappa shape index (κ1) is 14.4. The fraction of sp³-hybridized carbons (Fsp3) is 0.538. The molecular weight excluding hydrogens is 230 g/mol. The molecule has 3 N–H and O–H groups in total. The minimum absolute atomic E-state index is 0.161. The monoisotopic (exact) mass is 251 g/mol. The molecule has 18 heavy (non-hydrogen) atoms. The van der Waals surface area contributed by atoms with Crippen LogP contribution in [0.15, 0.2) is 24.4 Å². The zero-order chi connectivity index (χ0) is 13.2. The Morgan fingerprint density at radius 2 is 2.28 bits per heavy atom. The van der Waals surface area contributed by atoms with Crippen LogP contribution < -0.4 is 10.6 Å². The highest BCUT2D eigenvalue weighted by Gasteiger charge is 2.09. The number of urea groups is 1. The van der Waals surface area contributed by atoms with Gasteiger partial charge in [0.1, 0.15) is 5.82 Å². The van der Waals surface area contributed by atoms with E-state index in [1.165, 1.54) is 0 Å². The Kier molecular flexibility index (Phi) is 6.79. The molecule has 0 aliphatic carbocycles. The Morgan fingerprint density at radius 3 is 2.89 bits per heavy atom. The molecule has 1 unspecified atom stereocenters. The number of amides is 2. The molecule has 1 aromatic heterocycles. The molecule has 1 rings (SSSR count). The molecule has 0 aliphatic rings. The first-order valence-corrected chi connectivity index (χ1v) is 6.33. The van der Waals surface area contributed by atoms with Gasteiger partial charge >= 0.3 is 6.03 Å². The van der Waals surface area contributed by atoms with Crippen molar-refractivity contribution in [3.63, 3.8) is 0 Å². The van der Waals surface area contributed by atoms with E-state index in [1.807, 2.05) is 6.07 Å². The van der Waals surface area contributed by atoms with E-state index in [1.54, 1.807) is 18.3 Å². The molecule has 100 valence electrons. The summed E-state index contributed by atoms with van der Waals surface area (Å²) in [6.07, 6.45) is 4.40. The zero-order valence-corrected chi connectivity index (χ0v) is 10.7. The number of pyridine rings is 1. The first-order valence-electron chi connectivity index (χ1n) is 6.33. The van der Waals surface area contributed by atoms with Crippen molar-refractivity contribution in [1.29, 1.82) is 0 Å². The fourth-order valence-electron chi connectivity index (χ4n) is 1.77. The van der Waals surface area contributed by atoms with E-state index in [2.05, 4.69) is 22.5 Å². The van der Waals surface area contributed by atoms with E-state index in [9.17, 15) is 4.79 Å². The number of nitrogens with zero attached hydrogens (tertiary/aromatic N) is 1. The van der Waals surface area contributed by atoms with Gasteiger partial charge in [-0.3, -0.25) is 5.32 Å². The minimum Gasteiger partial charge on any atom is -0.396 e. The topological polar surface area (TPSA) is 74.2 Å². The number of anilines is 1. The summed E-state index contributed by atoms with van der Waals surface area (Å²) in [7, 11) is 0. The second kappa shape index (κ2) is 8.47. The Hall–Kier alpha value is -1.62. The molecule has 1 aromatic rings.